The van der Waals surface area contributed by atoms with Crippen molar-refractivity contribution in [1.29, 1.82) is 0 Å². The van der Waals surface area contributed by atoms with Crippen molar-refractivity contribution in [2.24, 2.45) is 0 Å². The number of carboxylic acid groups (broad SMARTS) is 1. The van der Waals surface area contributed by atoms with Crippen molar-refractivity contribution in [1.82, 2.24) is 5.32 Å². The van der Waals surface area contributed by atoms with Crippen LogP contribution in [-0.2, 0) is 16.0 Å². The number of carboxylic acids is 1. The van der Waals surface area contributed by atoms with E-state index in [-0.39, 0.29) is 18.9 Å². The molecule has 0 fully saturated rings. The lowest BCUT2D eigenvalue weighted by Gasteiger charge is -2.04. The summed E-state index contributed by atoms with van der Waals surface area (Å²) in [5, 5.41) is 11.0. The summed E-state index contributed by atoms with van der Waals surface area (Å²) in [6, 6.07) is 7.99. The van der Waals surface area contributed by atoms with E-state index in [4.69, 9.17) is 5.11 Å². The summed E-state index contributed by atoms with van der Waals surface area (Å²) in [7, 11) is 0. The molecule has 0 unspecified atom stereocenters. The molecule has 0 saturated carbocycles. The Morgan fingerprint density at radius 1 is 1.17 bits per heavy atom. The summed E-state index contributed by atoms with van der Waals surface area (Å²) in [6.07, 6.45) is 2.01. The molecule has 0 bridgehead atoms. The van der Waals surface area contributed by atoms with Gasteiger partial charge in [-0.1, -0.05) is 28.1 Å². The fourth-order valence-corrected chi connectivity index (χ4v) is 1.77. The van der Waals surface area contributed by atoms with Crippen LogP contribution in [0.15, 0.2) is 28.7 Å². The lowest BCUT2D eigenvalue weighted by Crippen LogP contribution is -2.25. The molecule has 0 radical (unpaired) electrons. The van der Waals surface area contributed by atoms with Gasteiger partial charge in [-0.05, 0) is 30.5 Å². The molecule has 0 aromatic heterocycles. The Morgan fingerprint density at radius 2 is 1.83 bits per heavy atom. The van der Waals surface area contributed by atoms with Crippen LogP contribution in [0.1, 0.15) is 24.8 Å². The average Bonchev–Trinajstić information content (AvgIpc) is 2.31. The summed E-state index contributed by atoms with van der Waals surface area (Å²) < 4.78 is 1.04. The Morgan fingerprint density at radius 3 is 2.44 bits per heavy atom. The Hall–Kier alpha value is -1.36. The van der Waals surface area contributed by atoms with Crippen LogP contribution in [-0.4, -0.2) is 23.5 Å². The maximum Gasteiger partial charge on any atom is 0.305 e. The van der Waals surface area contributed by atoms with Gasteiger partial charge in [-0.25, -0.2) is 0 Å². The minimum Gasteiger partial charge on any atom is -0.481 e. The third kappa shape index (κ3) is 6.39. The van der Waals surface area contributed by atoms with E-state index in [2.05, 4.69) is 21.2 Å². The average molecular weight is 314 g/mol. The summed E-state index contributed by atoms with van der Waals surface area (Å²) in [6.45, 7) is 0.201. The largest absolute Gasteiger partial charge is 0.481 e. The second-order valence-electron chi connectivity index (χ2n) is 3.97. The first-order chi connectivity index (χ1) is 8.58. The van der Waals surface area contributed by atoms with Crippen LogP contribution in [0.3, 0.4) is 0 Å². The van der Waals surface area contributed by atoms with Crippen LogP contribution in [0.4, 0.5) is 0 Å². The number of carbonyl (C=O) groups is 2. The highest BCUT2D eigenvalue weighted by atomic mass is 79.9. The molecule has 1 aromatic carbocycles. The van der Waals surface area contributed by atoms with E-state index >= 15 is 0 Å². The molecule has 0 aliphatic carbocycles. The van der Waals surface area contributed by atoms with E-state index in [1.165, 1.54) is 5.56 Å². The quantitative estimate of drug-likeness (QED) is 0.812. The zero-order valence-corrected chi connectivity index (χ0v) is 11.6. The number of nitrogens with one attached hydrogen (secondary N) is 1. The predicted molar refractivity (Wildman–Crippen MR) is 72.3 cm³/mol. The topological polar surface area (TPSA) is 66.4 Å². The minimum absolute atomic E-state index is 0.0293. The molecule has 18 heavy (non-hydrogen) atoms. The predicted octanol–water partition coefficient (Wildman–Crippen LogP) is 2.36. The Labute approximate surface area is 115 Å². The highest BCUT2D eigenvalue weighted by molar-refractivity contribution is 9.10. The zero-order valence-electron chi connectivity index (χ0n) is 9.99. The summed E-state index contributed by atoms with van der Waals surface area (Å²) >= 11 is 3.36. The van der Waals surface area contributed by atoms with Gasteiger partial charge in [0, 0.05) is 17.4 Å². The van der Waals surface area contributed by atoms with Gasteiger partial charge in [0.15, 0.2) is 0 Å². The van der Waals surface area contributed by atoms with Gasteiger partial charge in [-0.15, -0.1) is 0 Å². The van der Waals surface area contributed by atoms with E-state index in [9.17, 15) is 9.59 Å². The molecule has 0 atom stereocenters. The van der Waals surface area contributed by atoms with Crippen molar-refractivity contribution >= 4 is 27.8 Å². The molecule has 0 aliphatic rings. The fraction of sp³-hybridized carbons (Fsp3) is 0.385. The maximum atomic E-state index is 11.4. The standard InChI is InChI=1S/C13H16BrNO3/c14-11-6-4-10(5-7-11)2-1-3-12(16)15-9-8-13(17)18/h4-7H,1-3,8-9H2,(H,15,16)(H,17,18). The molecular formula is C13H16BrNO3. The molecule has 4 nitrogen and oxygen atoms in total. The van der Waals surface area contributed by atoms with Crippen molar-refractivity contribution < 1.29 is 14.7 Å². The first-order valence-electron chi connectivity index (χ1n) is 5.81. The number of hydrogen-bond donors (Lipinski definition) is 2. The van der Waals surface area contributed by atoms with Crippen molar-refractivity contribution in [3.05, 3.63) is 34.3 Å². The van der Waals surface area contributed by atoms with Gasteiger partial charge in [0.2, 0.25) is 5.91 Å². The van der Waals surface area contributed by atoms with Crippen LogP contribution >= 0.6 is 15.9 Å². The molecule has 5 heteroatoms. The first kappa shape index (κ1) is 14.7. The highest BCUT2D eigenvalue weighted by Gasteiger charge is 2.03. The van der Waals surface area contributed by atoms with E-state index in [1.54, 1.807) is 0 Å². The Balaban J connectivity index is 2.15. The number of benzene rings is 1. The molecular weight excluding hydrogens is 298 g/mol. The van der Waals surface area contributed by atoms with E-state index < -0.39 is 5.97 Å². The van der Waals surface area contributed by atoms with Crippen LogP contribution in [0.5, 0.6) is 0 Å². The molecule has 1 rings (SSSR count). The Kier molecular flexibility index (Phi) is 6.43. The van der Waals surface area contributed by atoms with Gasteiger partial charge in [-0.2, -0.15) is 0 Å². The SMILES string of the molecule is O=C(O)CCNC(=O)CCCc1ccc(Br)cc1. The van der Waals surface area contributed by atoms with Gasteiger partial charge in [-0.3, -0.25) is 9.59 Å². The molecule has 1 amide bonds. The molecule has 0 aliphatic heterocycles. The highest BCUT2D eigenvalue weighted by Crippen LogP contribution is 2.12. The molecule has 98 valence electrons. The third-order valence-electron chi connectivity index (χ3n) is 2.44. The van der Waals surface area contributed by atoms with Crippen LogP contribution in [0.25, 0.3) is 0 Å². The summed E-state index contributed by atoms with van der Waals surface area (Å²) in [5.41, 5.74) is 1.19. The number of hydrogen-bond acceptors (Lipinski definition) is 2. The molecule has 2 N–H and O–H groups in total. The second-order valence-corrected chi connectivity index (χ2v) is 4.89. The van der Waals surface area contributed by atoms with Gasteiger partial charge in [0.1, 0.15) is 0 Å². The summed E-state index contributed by atoms with van der Waals surface area (Å²) in [5.74, 6) is -0.987. The van der Waals surface area contributed by atoms with Crippen molar-refractivity contribution in [2.45, 2.75) is 25.7 Å². The lowest BCUT2D eigenvalue weighted by atomic mass is 10.1. The zero-order chi connectivity index (χ0) is 13.4. The lowest BCUT2D eigenvalue weighted by molar-refractivity contribution is -0.136. The number of amides is 1. The van der Waals surface area contributed by atoms with Gasteiger partial charge in [0.25, 0.3) is 0 Å². The van der Waals surface area contributed by atoms with Gasteiger partial charge in [0.05, 0.1) is 6.42 Å². The van der Waals surface area contributed by atoms with E-state index in [0.717, 1.165) is 17.3 Å². The number of aryl methyl sites for hydroxylation is 1. The monoisotopic (exact) mass is 313 g/mol. The van der Waals surface area contributed by atoms with Crippen LogP contribution in [0, 0.1) is 0 Å². The molecule has 0 heterocycles. The first-order valence-corrected chi connectivity index (χ1v) is 6.60. The number of halogens is 1. The van der Waals surface area contributed by atoms with E-state index in [0.29, 0.717) is 6.42 Å². The van der Waals surface area contributed by atoms with Crippen molar-refractivity contribution in [2.75, 3.05) is 6.54 Å². The molecule has 1 aromatic rings. The van der Waals surface area contributed by atoms with Crippen LogP contribution < -0.4 is 5.32 Å². The Bertz CT molecular complexity index is 403. The minimum atomic E-state index is -0.898. The van der Waals surface area contributed by atoms with E-state index in [1.807, 2.05) is 24.3 Å². The van der Waals surface area contributed by atoms with Gasteiger partial charge >= 0.3 is 5.97 Å². The molecule has 0 spiro atoms. The molecule has 0 saturated heterocycles. The maximum absolute atomic E-state index is 11.4. The number of aliphatic carboxylic acids is 1. The van der Waals surface area contributed by atoms with Crippen LogP contribution in [0.2, 0.25) is 0 Å². The third-order valence-corrected chi connectivity index (χ3v) is 2.97. The number of rotatable bonds is 7. The van der Waals surface area contributed by atoms with Crippen molar-refractivity contribution in [3.63, 3.8) is 0 Å². The number of carbonyl (C=O) groups excluding carboxylic acids is 1. The van der Waals surface area contributed by atoms with Gasteiger partial charge < -0.3 is 10.4 Å². The normalized spacial score (nSPS) is 10.1. The smallest absolute Gasteiger partial charge is 0.305 e. The fourth-order valence-electron chi connectivity index (χ4n) is 1.50. The second kappa shape index (κ2) is 7.87. The summed E-state index contributed by atoms with van der Waals surface area (Å²) in [4.78, 5) is 21.6. The van der Waals surface area contributed by atoms with Crippen molar-refractivity contribution in [3.8, 4) is 0 Å².